The van der Waals surface area contributed by atoms with Gasteiger partial charge in [0, 0.05) is 17.7 Å². The molecule has 1 aromatic heterocycles. The molecule has 1 saturated carbocycles. The zero-order chi connectivity index (χ0) is 26.3. The normalized spacial score (nSPS) is 13.8. The summed E-state index contributed by atoms with van der Waals surface area (Å²) in [7, 11) is 3.37. The van der Waals surface area contributed by atoms with E-state index in [-0.39, 0.29) is 0 Å². The number of rotatable bonds is 9. The van der Waals surface area contributed by atoms with E-state index in [1.54, 1.807) is 14.2 Å². The molecule has 1 fully saturated rings. The lowest BCUT2D eigenvalue weighted by molar-refractivity contribution is 0.319. The second kappa shape index (κ2) is 12.1. The number of benzene rings is 3. The highest BCUT2D eigenvalue weighted by atomic mass is 16.5. The van der Waals surface area contributed by atoms with Crippen LogP contribution in [0.1, 0.15) is 55.2 Å². The number of aryl methyl sites for hydroxylation is 2. The van der Waals surface area contributed by atoms with E-state index < -0.39 is 0 Å². The summed E-state index contributed by atoms with van der Waals surface area (Å²) in [5, 5.41) is 4.94. The van der Waals surface area contributed by atoms with Crippen molar-refractivity contribution in [3.05, 3.63) is 89.5 Å². The van der Waals surface area contributed by atoms with E-state index >= 15 is 0 Å². The van der Waals surface area contributed by atoms with Crippen LogP contribution in [0.5, 0.6) is 11.5 Å². The van der Waals surface area contributed by atoms with Crippen LogP contribution in [0.15, 0.2) is 77.8 Å². The molecular weight excluding hydrogens is 472 g/mol. The van der Waals surface area contributed by atoms with Crippen LogP contribution >= 0.6 is 0 Å². The number of hydrogen-bond donors (Lipinski definition) is 0. The van der Waals surface area contributed by atoms with Gasteiger partial charge in [0.15, 0.2) is 5.82 Å². The number of nitrogens with zero attached hydrogens (tertiary/aromatic N) is 4. The van der Waals surface area contributed by atoms with Crippen molar-refractivity contribution < 1.29 is 9.47 Å². The van der Waals surface area contributed by atoms with Gasteiger partial charge in [-0.25, -0.2) is 9.67 Å². The van der Waals surface area contributed by atoms with E-state index in [1.807, 2.05) is 60.1 Å². The average molecular weight is 509 g/mol. The van der Waals surface area contributed by atoms with Gasteiger partial charge in [-0.1, -0.05) is 92.8 Å². The van der Waals surface area contributed by atoms with Crippen LogP contribution in [0.3, 0.4) is 0 Å². The highest BCUT2D eigenvalue weighted by molar-refractivity contribution is 6.13. The van der Waals surface area contributed by atoms with E-state index in [1.165, 1.54) is 32.1 Å². The molecule has 0 spiro atoms. The van der Waals surface area contributed by atoms with Crippen molar-refractivity contribution in [2.75, 3.05) is 14.2 Å². The fourth-order valence-electron chi connectivity index (χ4n) is 5.35. The Morgan fingerprint density at radius 1 is 0.868 bits per heavy atom. The molecule has 0 saturated heterocycles. The van der Waals surface area contributed by atoms with Crippen LogP contribution in [0.2, 0.25) is 0 Å². The van der Waals surface area contributed by atoms with Gasteiger partial charge in [-0.05, 0) is 37.0 Å². The second-order valence-electron chi connectivity index (χ2n) is 9.99. The van der Waals surface area contributed by atoms with Gasteiger partial charge in [-0.15, -0.1) is 5.10 Å². The molecule has 0 aliphatic heterocycles. The quantitative estimate of drug-likeness (QED) is 0.221. The molecule has 1 aliphatic rings. The Morgan fingerprint density at radius 2 is 1.45 bits per heavy atom. The average Bonchev–Trinajstić information content (AvgIpc) is 3.37. The number of aliphatic imine (C=N–C) groups is 1. The second-order valence-corrected chi connectivity index (χ2v) is 9.99. The summed E-state index contributed by atoms with van der Waals surface area (Å²) >= 11 is 0. The maximum absolute atomic E-state index is 5.80. The summed E-state index contributed by atoms with van der Waals surface area (Å²) in [5.74, 6) is 3.30. The van der Waals surface area contributed by atoms with Crippen molar-refractivity contribution in [1.29, 1.82) is 0 Å². The van der Waals surface area contributed by atoms with E-state index in [4.69, 9.17) is 24.5 Å². The third-order valence-electron chi connectivity index (χ3n) is 7.31. The smallest absolute Gasteiger partial charge is 0.269 e. The molecule has 1 heterocycles. The minimum atomic E-state index is 0.427. The molecule has 0 bridgehead atoms. The van der Waals surface area contributed by atoms with E-state index in [9.17, 15) is 0 Å². The molecule has 0 N–H and O–H groups in total. The number of methoxy groups -OCH3 is 2. The maximum atomic E-state index is 5.80. The lowest BCUT2D eigenvalue weighted by Crippen LogP contribution is -2.12. The summed E-state index contributed by atoms with van der Waals surface area (Å²) in [6.45, 7) is 2.80. The Balaban J connectivity index is 1.62. The topological polar surface area (TPSA) is 61.5 Å². The van der Waals surface area contributed by atoms with Crippen molar-refractivity contribution in [2.45, 2.75) is 52.0 Å². The molecule has 6 heteroatoms. The molecule has 4 aromatic rings. The number of aromatic nitrogens is 3. The summed E-state index contributed by atoms with van der Waals surface area (Å²) in [4.78, 5) is 10.0. The van der Waals surface area contributed by atoms with Crippen LogP contribution in [-0.4, -0.2) is 34.7 Å². The van der Waals surface area contributed by atoms with Crippen molar-refractivity contribution in [2.24, 2.45) is 10.9 Å². The van der Waals surface area contributed by atoms with Crippen LogP contribution in [0.25, 0.3) is 11.4 Å². The Kier molecular flexibility index (Phi) is 8.17. The van der Waals surface area contributed by atoms with Gasteiger partial charge in [0.25, 0.3) is 5.95 Å². The van der Waals surface area contributed by atoms with Crippen molar-refractivity contribution in [3.8, 4) is 22.9 Å². The molecule has 3 aromatic carbocycles. The molecular formula is C32H36N4O2. The standard InChI is InChI=1S/C32H36N4O2/c1-23-21-27(37-2)29(28(22-23)38-3)31-34-32(35-36(31)20-19-24-13-7-4-8-14-24)33-30(25-15-9-5-10-16-25)26-17-11-6-12-18-26/h5-6,9-12,15-18,21-22,24H,4,7-8,13-14,19-20H2,1-3H3. The van der Waals surface area contributed by atoms with Gasteiger partial charge in [0.2, 0.25) is 0 Å². The van der Waals surface area contributed by atoms with E-state index in [2.05, 4.69) is 24.3 Å². The first-order valence-electron chi connectivity index (χ1n) is 13.5. The monoisotopic (exact) mass is 508 g/mol. The number of hydrogen-bond acceptors (Lipinski definition) is 5. The predicted molar refractivity (Wildman–Crippen MR) is 153 cm³/mol. The summed E-state index contributed by atoms with van der Waals surface area (Å²) in [6, 6.07) is 24.4. The van der Waals surface area contributed by atoms with Gasteiger partial charge in [0.05, 0.1) is 19.9 Å². The summed E-state index contributed by atoms with van der Waals surface area (Å²) in [6.07, 6.45) is 7.64. The Bertz CT molecular complexity index is 1310. The fraction of sp³-hybridized carbons (Fsp3) is 0.344. The lowest BCUT2D eigenvalue weighted by atomic mass is 9.87. The van der Waals surface area contributed by atoms with Gasteiger partial charge in [-0.2, -0.15) is 4.98 Å². The first-order valence-corrected chi connectivity index (χ1v) is 13.5. The molecule has 0 radical (unpaired) electrons. The highest BCUT2D eigenvalue weighted by Crippen LogP contribution is 2.40. The van der Waals surface area contributed by atoms with Crippen LogP contribution in [0, 0.1) is 12.8 Å². The largest absolute Gasteiger partial charge is 0.496 e. The fourth-order valence-corrected chi connectivity index (χ4v) is 5.35. The van der Waals surface area contributed by atoms with Crippen molar-refractivity contribution >= 4 is 11.7 Å². The van der Waals surface area contributed by atoms with Gasteiger partial charge >= 0.3 is 0 Å². The van der Waals surface area contributed by atoms with Gasteiger partial charge in [0.1, 0.15) is 17.1 Å². The van der Waals surface area contributed by atoms with Gasteiger partial charge in [-0.3, -0.25) is 0 Å². The molecule has 0 amide bonds. The molecule has 1 aliphatic carbocycles. The predicted octanol–water partition coefficient (Wildman–Crippen LogP) is 7.41. The summed E-state index contributed by atoms with van der Waals surface area (Å²) in [5.41, 5.74) is 4.74. The number of ether oxygens (including phenoxy) is 2. The van der Waals surface area contributed by atoms with E-state index in [0.29, 0.717) is 11.8 Å². The molecule has 0 atom stereocenters. The zero-order valence-electron chi connectivity index (χ0n) is 22.6. The lowest BCUT2D eigenvalue weighted by Gasteiger charge is -2.21. The van der Waals surface area contributed by atoms with Crippen molar-refractivity contribution in [1.82, 2.24) is 14.8 Å². The third kappa shape index (κ3) is 5.80. The van der Waals surface area contributed by atoms with Crippen LogP contribution < -0.4 is 9.47 Å². The molecule has 196 valence electrons. The van der Waals surface area contributed by atoms with E-state index in [0.717, 1.165) is 58.3 Å². The zero-order valence-corrected chi connectivity index (χ0v) is 22.6. The first-order chi connectivity index (χ1) is 18.7. The maximum Gasteiger partial charge on any atom is 0.269 e. The third-order valence-corrected chi connectivity index (χ3v) is 7.31. The highest BCUT2D eigenvalue weighted by Gasteiger charge is 2.23. The Morgan fingerprint density at radius 3 is 2.00 bits per heavy atom. The van der Waals surface area contributed by atoms with Crippen LogP contribution in [0.4, 0.5) is 5.95 Å². The Hall–Kier alpha value is -3.93. The first kappa shape index (κ1) is 25.7. The Labute approximate surface area is 225 Å². The SMILES string of the molecule is COc1cc(C)cc(OC)c1-c1nc(N=C(c2ccccc2)c2ccccc2)nn1CCC1CCCCC1. The molecule has 0 unspecified atom stereocenters. The molecule has 6 nitrogen and oxygen atoms in total. The minimum Gasteiger partial charge on any atom is -0.496 e. The van der Waals surface area contributed by atoms with Crippen molar-refractivity contribution in [3.63, 3.8) is 0 Å². The molecule has 38 heavy (non-hydrogen) atoms. The van der Waals surface area contributed by atoms with Crippen LogP contribution in [-0.2, 0) is 6.54 Å². The molecule has 5 rings (SSSR count). The summed E-state index contributed by atoms with van der Waals surface area (Å²) < 4.78 is 13.6. The minimum absolute atomic E-state index is 0.427. The van der Waals surface area contributed by atoms with Gasteiger partial charge < -0.3 is 9.47 Å².